The lowest BCUT2D eigenvalue weighted by Gasteiger charge is -2.41. The average molecular weight is 441 g/mol. The molecule has 0 aliphatic carbocycles. The summed E-state index contributed by atoms with van der Waals surface area (Å²) in [7, 11) is 1.60. The first kappa shape index (κ1) is 20.6. The molecule has 0 fully saturated rings. The highest BCUT2D eigenvalue weighted by Gasteiger charge is 2.44. The summed E-state index contributed by atoms with van der Waals surface area (Å²) >= 11 is 7.80. The van der Waals surface area contributed by atoms with Crippen LogP contribution in [0.2, 0.25) is 5.02 Å². The van der Waals surface area contributed by atoms with E-state index in [1.54, 1.807) is 30.2 Å². The van der Waals surface area contributed by atoms with Gasteiger partial charge in [0.2, 0.25) is 5.91 Å². The largest absolute Gasteiger partial charge is 0.383 e. The van der Waals surface area contributed by atoms with E-state index in [0.29, 0.717) is 29.4 Å². The number of hydrogen-bond donors (Lipinski definition) is 1. The highest BCUT2D eigenvalue weighted by molar-refractivity contribution is 7.10. The summed E-state index contributed by atoms with van der Waals surface area (Å²) in [5.41, 5.74) is 1.81. The summed E-state index contributed by atoms with van der Waals surface area (Å²) in [5, 5.41) is 5.39. The lowest BCUT2D eigenvalue weighted by atomic mass is 9.81. The molecule has 4 rings (SSSR count). The van der Waals surface area contributed by atoms with Crippen molar-refractivity contribution in [3.8, 4) is 0 Å². The van der Waals surface area contributed by atoms with Crippen LogP contribution in [0.15, 0.2) is 66.0 Å². The molecule has 1 aliphatic heterocycles. The van der Waals surface area contributed by atoms with Gasteiger partial charge in [0.05, 0.1) is 29.3 Å². The van der Waals surface area contributed by atoms with Crippen LogP contribution in [0.1, 0.15) is 32.8 Å². The average Bonchev–Trinajstić information content (AvgIpc) is 3.29. The second-order valence-corrected chi connectivity index (χ2v) is 8.37. The third-order valence-corrected chi connectivity index (χ3v) is 6.50. The molecule has 1 aliphatic rings. The number of benzene rings is 2. The number of nitrogens with zero attached hydrogens (tertiary/aromatic N) is 1. The van der Waals surface area contributed by atoms with Crippen LogP contribution in [-0.4, -0.2) is 37.0 Å². The molecule has 1 aromatic heterocycles. The molecule has 2 aromatic carbocycles. The summed E-state index contributed by atoms with van der Waals surface area (Å²) in [6, 6.07) is 17.9. The summed E-state index contributed by atoms with van der Waals surface area (Å²) in [6.07, 6.45) is 0. The van der Waals surface area contributed by atoms with Crippen LogP contribution in [0, 0.1) is 0 Å². The van der Waals surface area contributed by atoms with E-state index in [0.717, 1.165) is 10.4 Å². The van der Waals surface area contributed by atoms with Crippen molar-refractivity contribution in [1.82, 2.24) is 4.90 Å². The van der Waals surface area contributed by atoms with E-state index in [1.165, 1.54) is 11.3 Å². The fraction of sp³-hybridized carbons (Fsp3) is 0.217. The molecule has 1 N–H and O–H groups in total. The first-order chi connectivity index (χ1) is 14.6. The van der Waals surface area contributed by atoms with Crippen LogP contribution in [0.25, 0.3) is 0 Å². The molecular weight excluding hydrogens is 420 g/mol. The molecule has 7 heteroatoms. The maximum atomic E-state index is 13.6. The van der Waals surface area contributed by atoms with E-state index < -0.39 is 12.0 Å². The number of amides is 2. The van der Waals surface area contributed by atoms with Gasteiger partial charge in [0, 0.05) is 24.1 Å². The fourth-order valence-corrected chi connectivity index (χ4v) is 4.92. The maximum Gasteiger partial charge on any atom is 0.254 e. The van der Waals surface area contributed by atoms with Gasteiger partial charge in [-0.3, -0.25) is 9.59 Å². The first-order valence-corrected chi connectivity index (χ1v) is 10.8. The molecule has 0 spiro atoms. The number of rotatable bonds is 6. The molecule has 0 saturated heterocycles. The Balaban J connectivity index is 1.81. The van der Waals surface area contributed by atoms with Gasteiger partial charge in [-0.05, 0) is 35.2 Å². The predicted octanol–water partition coefficient (Wildman–Crippen LogP) is 4.97. The maximum absolute atomic E-state index is 13.6. The number of anilines is 1. The van der Waals surface area contributed by atoms with Crippen molar-refractivity contribution in [3.63, 3.8) is 0 Å². The number of methoxy groups -OCH3 is 1. The number of nitrogens with one attached hydrogen (secondary N) is 1. The van der Waals surface area contributed by atoms with Gasteiger partial charge in [-0.2, -0.15) is 0 Å². The van der Waals surface area contributed by atoms with E-state index in [1.807, 2.05) is 47.8 Å². The van der Waals surface area contributed by atoms with E-state index >= 15 is 0 Å². The van der Waals surface area contributed by atoms with Gasteiger partial charge in [0.25, 0.3) is 5.91 Å². The normalized spacial score (nSPS) is 18.2. The Kier molecular flexibility index (Phi) is 6.18. The number of ether oxygens (including phenoxy) is 1. The van der Waals surface area contributed by atoms with Gasteiger partial charge >= 0.3 is 0 Å². The zero-order valence-electron chi connectivity index (χ0n) is 16.4. The topological polar surface area (TPSA) is 58.6 Å². The number of carbonyl (C=O) groups is 2. The molecule has 2 atom stereocenters. The molecule has 0 radical (unpaired) electrons. The third kappa shape index (κ3) is 3.86. The van der Waals surface area contributed by atoms with E-state index in [4.69, 9.17) is 16.3 Å². The number of hydrogen-bond acceptors (Lipinski definition) is 4. The van der Waals surface area contributed by atoms with E-state index in [-0.39, 0.29) is 11.8 Å². The zero-order valence-corrected chi connectivity index (χ0v) is 18.0. The van der Waals surface area contributed by atoms with E-state index in [2.05, 4.69) is 5.32 Å². The molecular formula is C23H21ClN2O3S. The quantitative estimate of drug-likeness (QED) is 0.588. The Morgan fingerprint density at radius 3 is 2.63 bits per heavy atom. The van der Waals surface area contributed by atoms with Crippen LogP contribution >= 0.6 is 22.9 Å². The van der Waals surface area contributed by atoms with Gasteiger partial charge in [-0.25, -0.2) is 0 Å². The number of carbonyl (C=O) groups excluding carboxylic acids is 2. The SMILES string of the molecule is COCCN1C(=O)c2ccccc2[C@@H](C(=O)Nc2ccccc2Cl)[C@@H]1c1cccs1. The number of para-hydroxylation sites is 1. The lowest BCUT2D eigenvalue weighted by molar-refractivity contribution is -0.119. The molecule has 0 bridgehead atoms. The van der Waals surface area contributed by atoms with Gasteiger partial charge < -0.3 is 15.0 Å². The molecule has 0 saturated carbocycles. The smallest absolute Gasteiger partial charge is 0.254 e. The summed E-state index contributed by atoms with van der Waals surface area (Å²) in [6.45, 7) is 0.775. The van der Waals surface area contributed by atoms with Crippen molar-refractivity contribution in [1.29, 1.82) is 0 Å². The Hall–Kier alpha value is -2.67. The number of thiophene rings is 1. The zero-order chi connectivity index (χ0) is 21.1. The molecule has 5 nitrogen and oxygen atoms in total. The van der Waals surface area contributed by atoms with Crippen molar-refractivity contribution in [2.45, 2.75) is 12.0 Å². The van der Waals surface area contributed by atoms with Crippen molar-refractivity contribution in [2.24, 2.45) is 0 Å². The highest BCUT2D eigenvalue weighted by Crippen LogP contribution is 2.44. The van der Waals surface area contributed by atoms with Crippen molar-refractivity contribution in [3.05, 3.63) is 87.1 Å². The lowest BCUT2D eigenvalue weighted by Crippen LogP contribution is -2.47. The summed E-state index contributed by atoms with van der Waals surface area (Å²) in [5.74, 6) is -0.877. The van der Waals surface area contributed by atoms with Gasteiger partial charge in [-0.15, -0.1) is 11.3 Å². The highest BCUT2D eigenvalue weighted by atomic mass is 35.5. The number of fused-ring (bicyclic) bond motifs is 1. The van der Waals surface area contributed by atoms with Gasteiger partial charge in [0.15, 0.2) is 0 Å². The Bertz CT molecular complexity index is 1050. The van der Waals surface area contributed by atoms with Crippen molar-refractivity contribution >= 4 is 40.4 Å². The predicted molar refractivity (Wildman–Crippen MR) is 119 cm³/mol. The van der Waals surface area contributed by atoms with Crippen LogP contribution < -0.4 is 5.32 Å². The standard InChI is InChI=1S/C23H21ClN2O3S/c1-29-13-12-26-21(19-11-6-14-30-19)20(15-7-2-3-8-16(15)23(26)28)22(27)25-18-10-5-4-9-17(18)24/h2-11,14,20-21H,12-13H2,1H3,(H,25,27)/t20-,21+/m1/s1. The third-order valence-electron chi connectivity index (χ3n) is 5.22. The second kappa shape index (κ2) is 9.00. The number of halogens is 1. The minimum absolute atomic E-state index is 0.0946. The van der Waals surface area contributed by atoms with Crippen LogP contribution in [0.3, 0.4) is 0 Å². The second-order valence-electron chi connectivity index (χ2n) is 6.99. The molecule has 30 heavy (non-hydrogen) atoms. The molecule has 2 heterocycles. The monoisotopic (exact) mass is 440 g/mol. The van der Waals surface area contributed by atoms with Crippen molar-refractivity contribution < 1.29 is 14.3 Å². The molecule has 154 valence electrons. The van der Waals surface area contributed by atoms with E-state index in [9.17, 15) is 9.59 Å². The van der Waals surface area contributed by atoms with Gasteiger partial charge in [-0.1, -0.05) is 48.0 Å². The van der Waals surface area contributed by atoms with Gasteiger partial charge in [0.1, 0.15) is 0 Å². The minimum Gasteiger partial charge on any atom is -0.383 e. The minimum atomic E-state index is -0.578. The first-order valence-electron chi connectivity index (χ1n) is 9.59. The molecule has 0 unspecified atom stereocenters. The molecule has 3 aromatic rings. The fourth-order valence-electron chi connectivity index (χ4n) is 3.86. The summed E-state index contributed by atoms with van der Waals surface area (Å²) in [4.78, 5) is 29.6. The van der Waals surface area contributed by atoms with Crippen molar-refractivity contribution in [2.75, 3.05) is 25.6 Å². The summed E-state index contributed by atoms with van der Waals surface area (Å²) < 4.78 is 5.25. The van der Waals surface area contributed by atoms with Crippen LogP contribution in [-0.2, 0) is 9.53 Å². The Morgan fingerprint density at radius 2 is 1.90 bits per heavy atom. The van der Waals surface area contributed by atoms with Crippen LogP contribution in [0.5, 0.6) is 0 Å². The Morgan fingerprint density at radius 1 is 1.13 bits per heavy atom. The Labute approximate surface area is 184 Å². The molecule has 2 amide bonds. The van der Waals surface area contributed by atoms with Crippen LogP contribution in [0.4, 0.5) is 5.69 Å².